The fourth-order valence-corrected chi connectivity index (χ4v) is 11.0. The monoisotopic (exact) mass is 979 g/mol. The van der Waals surface area contributed by atoms with E-state index < -0.39 is 53.1 Å². The molecule has 6 aliphatic rings. The van der Waals surface area contributed by atoms with E-state index >= 15 is 0 Å². The van der Waals surface area contributed by atoms with Crippen molar-refractivity contribution in [3.8, 4) is 17.2 Å². The third kappa shape index (κ3) is 10.8. The van der Waals surface area contributed by atoms with Crippen LogP contribution in [0.1, 0.15) is 121 Å². The molecule has 0 aliphatic carbocycles. The van der Waals surface area contributed by atoms with E-state index in [1.807, 2.05) is 52.0 Å². The number of ketones is 1. The van der Waals surface area contributed by atoms with E-state index in [0.29, 0.717) is 56.2 Å². The number of phenolic OH excluding ortho intramolecular Hbond substituents is 2. The van der Waals surface area contributed by atoms with Gasteiger partial charge >= 0.3 is 11.9 Å². The Morgan fingerprint density at radius 3 is 2.27 bits per heavy atom. The lowest BCUT2D eigenvalue weighted by atomic mass is 9.80. The van der Waals surface area contributed by atoms with Crippen LogP contribution in [0.15, 0.2) is 70.7 Å². The summed E-state index contributed by atoms with van der Waals surface area (Å²) >= 11 is 0. The number of carbonyl (C=O) groups is 3. The molecule has 6 aliphatic heterocycles. The van der Waals surface area contributed by atoms with Crippen LogP contribution in [-0.4, -0.2) is 116 Å². The first kappa shape index (κ1) is 53.0. The van der Waals surface area contributed by atoms with Crippen LogP contribution in [0, 0.1) is 36.5 Å². The van der Waals surface area contributed by atoms with Crippen molar-refractivity contribution in [2.45, 2.75) is 130 Å². The van der Waals surface area contributed by atoms with Gasteiger partial charge in [-0.2, -0.15) is 0 Å². The Morgan fingerprint density at radius 2 is 1.61 bits per heavy atom. The average molecular weight is 979 g/mol. The number of allylic oxidation sites excluding steroid dienone is 4. The summed E-state index contributed by atoms with van der Waals surface area (Å²) in [5.41, 5.74) is 0.899. The van der Waals surface area contributed by atoms with Crippen LogP contribution in [0.4, 0.5) is 10.5 Å². The number of pyridine rings is 1. The number of aromatic nitrogens is 1. The molecule has 9 rings (SSSR count). The Labute approximate surface area is 417 Å². The first-order valence-corrected chi connectivity index (χ1v) is 25.3. The van der Waals surface area contributed by atoms with Crippen LogP contribution < -0.4 is 20.8 Å². The van der Waals surface area contributed by atoms with E-state index in [2.05, 4.69) is 29.0 Å². The molecule has 2 fully saturated rings. The van der Waals surface area contributed by atoms with E-state index in [1.165, 1.54) is 18.7 Å². The topological polar surface area (TPSA) is 216 Å². The van der Waals surface area contributed by atoms with Gasteiger partial charge in [-0.25, -0.2) is 4.79 Å². The third-order valence-electron chi connectivity index (χ3n) is 15.1. The number of fused-ring (bicyclic) bond motifs is 13. The number of piperidine rings is 2. The quantitative estimate of drug-likeness (QED) is 0.160. The molecule has 2 aromatic carbocycles. The summed E-state index contributed by atoms with van der Waals surface area (Å²) in [5, 5.41) is 46.5. The number of amides is 2. The third-order valence-corrected chi connectivity index (χ3v) is 15.1. The first-order chi connectivity index (χ1) is 33.8. The van der Waals surface area contributed by atoms with Crippen molar-refractivity contribution in [2.24, 2.45) is 39.6 Å². The van der Waals surface area contributed by atoms with Crippen LogP contribution in [0.25, 0.3) is 10.8 Å². The van der Waals surface area contributed by atoms with Gasteiger partial charge in [0, 0.05) is 94.4 Å². The molecule has 7 heterocycles. The average Bonchev–Trinajstić information content (AvgIpc) is 3.86. The largest absolute Gasteiger partial charge is 0.507 e. The maximum atomic E-state index is 14.8. The molecule has 5 bridgehead atoms. The maximum absolute atomic E-state index is 14.8. The number of aliphatic hydroxyl groups excluding tert-OH is 2. The number of benzene rings is 2. The van der Waals surface area contributed by atoms with Gasteiger partial charge in [-0.3, -0.25) is 24.6 Å². The molecule has 71 heavy (non-hydrogen) atoms. The lowest BCUT2D eigenvalue weighted by molar-refractivity contribution is -0.112. The molecule has 1 spiro atoms. The van der Waals surface area contributed by atoms with E-state index in [9.17, 15) is 29.7 Å². The molecule has 0 saturated carbocycles. The summed E-state index contributed by atoms with van der Waals surface area (Å²) < 4.78 is 18.9. The van der Waals surface area contributed by atoms with Crippen LogP contribution >= 0.6 is 0 Å². The number of hydrogen-bond donors (Lipinski definition) is 5. The molecule has 2 amide bonds. The number of nitrogens with one attached hydrogen (secondary N) is 1. The highest BCUT2D eigenvalue weighted by atomic mass is 16.7. The standard InChI is InChI=1S/C54H70N6O9.CH4O/c1-30(2)29-59-25-19-54(20-26-59)57-42-39-40-46(62)36(8)49-41(39)50(64)53(9,69-49)67-27-11-14-32(4)48(68-52(66)60-23-17-38(18-24-60)37-15-21-55-22-16-37)35(7)45(61)34(6)28-31(3)12-10-13-33(5)51(65)56-44(47(40)63)43(42)58-54;1-2/h10-13,15-16,21-22,27,30-32,34-35,38,45,48,61-63H,14,17-20,23-26,28-29H2,1-9H3,(H,56,65);2H,1H3/b12-10+,27-11+,33-13-;/t31?,32-,34-,35-,45?,48?,53+;/m1./s1. The summed E-state index contributed by atoms with van der Waals surface area (Å²) in [6.07, 6.45) is 14.0. The Balaban J connectivity index is 0.00000366. The van der Waals surface area contributed by atoms with E-state index in [0.717, 1.165) is 39.6 Å². The molecule has 16 nitrogen and oxygen atoms in total. The summed E-state index contributed by atoms with van der Waals surface area (Å²) in [6.45, 7) is 20.5. The van der Waals surface area contributed by atoms with E-state index in [1.54, 1.807) is 43.3 Å². The zero-order chi connectivity index (χ0) is 51.5. The molecule has 16 heteroatoms. The molecule has 0 radical (unpaired) electrons. The van der Waals surface area contributed by atoms with Crippen molar-refractivity contribution in [1.29, 1.82) is 0 Å². The zero-order valence-electron chi connectivity index (χ0n) is 43.1. The molecule has 2 saturated heterocycles. The van der Waals surface area contributed by atoms with Gasteiger partial charge in [0.2, 0.25) is 0 Å². The fraction of sp³-hybridized carbons (Fsp3) is 0.564. The number of aromatic hydroxyl groups is 2. The van der Waals surface area contributed by atoms with Gasteiger partial charge in [-0.15, -0.1) is 0 Å². The van der Waals surface area contributed by atoms with Crippen molar-refractivity contribution >= 4 is 34.2 Å². The van der Waals surface area contributed by atoms with Gasteiger partial charge in [0.15, 0.2) is 11.4 Å². The Kier molecular flexibility index (Phi) is 16.3. The fourth-order valence-electron chi connectivity index (χ4n) is 11.0. The smallest absolute Gasteiger partial charge is 0.410 e. The number of hydrogen-bond acceptors (Lipinski definition) is 14. The van der Waals surface area contributed by atoms with Crippen molar-refractivity contribution in [3.63, 3.8) is 0 Å². The first-order valence-electron chi connectivity index (χ1n) is 25.3. The maximum Gasteiger partial charge on any atom is 0.410 e. The number of nitrogens with zero attached hydrogens (tertiary/aromatic N) is 5. The number of rotatable bonds is 4. The Hall–Kier alpha value is -5.84. The Morgan fingerprint density at radius 1 is 0.944 bits per heavy atom. The molecule has 384 valence electrons. The molecule has 3 unspecified atom stereocenters. The summed E-state index contributed by atoms with van der Waals surface area (Å²) in [5.74, 6) is -3.74. The number of aliphatic hydroxyl groups is 2. The highest BCUT2D eigenvalue weighted by molar-refractivity contribution is 6.19. The highest BCUT2D eigenvalue weighted by Gasteiger charge is 2.50. The van der Waals surface area contributed by atoms with Gasteiger partial charge in [0.1, 0.15) is 28.6 Å². The normalized spacial score (nSPS) is 28.9. The summed E-state index contributed by atoms with van der Waals surface area (Å²) in [6, 6.07) is 4.05. The predicted molar refractivity (Wildman–Crippen MR) is 271 cm³/mol. The van der Waals surface area contributed by atoms with Crippen LogP contribution in [0.2, 0.25) is 0 Å². The van der Waals surface area contributed by atoms with Gasteiger partial charge in [-0.1, -0.05) is 59.8 Å². The zero-order valence-corrected chi connectivity index (χ0v) is 43.1. The predicted octanol–water partition coefficient (Wildman–Crippen LogP) is 7.61. The minimum Gasteiger partial charge on any atom is -0.507 e. The molecule has 5 N–H and O–H groups in total. The number of ether oxygens (including phenoxy) is 3. The number of anilines is 1. The minimum atomic E-state index is -1.88. The van der Waals surface area contributed by atoms with Crippen molar-refractivity contribution in [1.82, 2.24) is 14.8 Å². The highest BCUT2D eigenvalue weighted by Crippen LogP contribution is 2.50. The van der Waals surface area contributed by atoms with E-state index in [4.69, 9.17) is 29.3 Å². The van der Waals surface area contributed by atoms with Gasteiger partial charge in [-0.05, 0) is 92.9 Å². The van der Waals surface area contributed by atoms with Crippen molar-refractivity contribution in [2.75, 3.05) is 45.2 Å². The second-order valence-electron chi connectivity index (χ2n) is 20.9. The van der Waals surface area contributed by atoms with Crippen LogP contribution in [-0.2, 0) is 14.3 Å². The van der Waals surface area contributed by atoms with Crippen molar-refractivity contribution in [3.05, 3.63) is 88.1 Å². The minimum absolute atomic E-state index is 0.00382. The number of carbonyl (C=O) groups excluding carboxylic acids is 3. The van der Waals surface area contributed by atoms with Crippen LogP contribution in [0.3, 0.4) is 0 Å². The van der Waals surface area contributed by atoms with Gasteiger partial charge in [0.25, 0.3) is 11.7 Å². The molecule has 3 aromatic rings. The lowest BCUT2D eigenvalue weighted by Gasteiger charge is -2.37. The summed E-state index contributed by atoms with van der Waals surface area (Å²) in [7, 11) is 1.00. The van der Waals surface area contributed by atoms with Crippen molar-refractivity contribution < 1.29 is 49.0 Å². The van der Waals surface area contributed by atoms with Gasteiger partial charge < -0.3 is 49.8 Å². The van der Waals surface area contributed by atoms with Crippen LogP contribution in [0.5, 0.6) is 17.2 Å². The second kappa shape index (κ2) is 21.9. The number of Topliss-reactive ketones (excluding diaryl/α,β-unsaturated/α-hetero) is 1. The lowest BCUT2D eigenvalue weighted by Crippen LogP contribution is -2.45. The van der Waals surface area contributed by atoms with E-state index in [-0.39, 0.29) is 67.6 Å². The molecular weight excluding hydrogens is 905 g/mol. The summed E-state index contributed by atoms with van der Waals surface area (Å²) in [4.78, 5) is 61.5. The Bertz CT molecular complexity index is 2690. The number of phenols is 2. The molecule has 1 aromatic heterocycles. The number of likely N-dealkylation sites (tertiary alicyclic amines) is 2. The molecular formula is C55H74N6O10. The molecule has 7 atom stereocenters. The van der Waals surface area contributed by atoms with Gasteiger partial charge in [0.05, 0.1) is 28.7 Å². The SMILES string of the molecule is C/C1=C/C=C/C(C)C[C@@H](C)C(O)[C@@H](C)C(OC(=O)N2CCC(c3ccncc3)CC2)[C@H](C)C/C=C/O[C@@]2(C)Oc3c(C)c(O)c4c(O)c(c5c(c4c3C2=O)=NC2(CCN(CC(C)C)CC2)N=5)NC1=O.CO. The second-order valence-corrected chi connectivity index (χ2v) is 20.9.